The number of phenols is 2. The Bertz CT molecular complexity index is 537. The molecule has 1 aromatic carbocycles. The third kappa shape index (κ3) is 2.33. The van der Waals surface area contributed by atoms with E-state index in [-0.39, 0.29) is 17.2 Å². The molecule has 7 heteroatoms. The first-order valence-corrected chi connectivity index (χ1v) is 4.69. The van der Waals surface area contributed by atoms with Gasteiger partial charge in [0.1, 0.15) is 12.7 Å². The molecule has 88 valence electrons. The SMILES string of the molecule is COc1cc(/C=N/n2cnnc2)cc(O)c1O. The van der Waals surface area contributed by atoms with Gasteiger partial charge in [-0.3, -0.25) is 0 Å². The largest absolute Gasteiger partial charge is 0.504 e. The van der Waals surface area contributed by atoms with Gasteiger partial charge in [-0.1, -0.05) is 0 Å². The molecule has 2 rings (SSSR count). The van der Waals surface area contributed by atoms with E-state index in [4.69, 9.17) is 4.74 Å². The number of nitrogens with zero attached hydrogens (tertiary/aromatic N) is 4. The minimum absolute atomic E-state index is 0.176. The number of aromatic hydroxyl groups is 2. The van der Waals surface area contributed by atoms with Gasteiger partial charge < -0.3 is 14.9 Å². The highest BCUT2D eigenvalue weighted by atomic mass is 16.5. The van der Waals surface area contributed by atoms with Crippen molar-refractivity contribution in [3.05, 3.63) is 30.4 Å². The van der Waals surface area contributed by atoms with Crippen LogP contribution in [-0.2, 0) is 0 Å². The van der Waals surface area contributed by atoms with Gasteiger partial charge in [0.15, 0.2) is 11.5 Å². The van der Waals surface area contributed by atoms with Gasteiger partial charge in [0, 0.05) is 5.56 Å². The maximum atomic E-state index is 9.45. The van der Waals surface area contributed by atoms with Gasteiger partial charge in [0.2, 0.25) is 5.75 Å². The Morgan fingerprint density at radius 2 is 2.00 bits per heavy atom. The van der Waals surface area contributed by atoms with Crippen LogP contribution < -0.4 is 4.74 Å². The lowest BCUT2D eigenvalue weighted by atomic mass is 10.2. The summed E-state index contributed by atoms with van der Waals surface area (Å²) >= 11 is 0. The second-order valence-corrected chi connectivity index (χ2v) is 3.18. The van der Waals surface area contributed by atoms with E-state index in [0.717, 1.165) is 0 Å². The lowest BCUT2D eigenvalue weighted by molar-refractivity contribution is 0.351. The van der Waals surface area contributed by atoms with Gasteiger partial charge >= 0.3 is 0 Å². The maximum absolute atomic E-state index is 9.45. The molecular weight excluding hydrogens is 224 g/mol. The van der Waals surface area contributed by atoms with Crippen molar-refractivity contribution in [2.24, 2.45) is 5.10 Å². The number of aromatic nitrogens is 3. The molecule has 0 fully saturated rings. The van der Waals surface area contributed by atoms with Crippen molar-refractivity contribution >= 4 is 6.21 Å². The van der Waals surface area contributed by atoms with Crippen LogP contribution in [-0.4, -0.2) is 38.4 Å². The Kier molecular flexibility index (Phi) is 2.91. The molecule has 0 saturated heterocycles. The lowest BCUT2D eigenvalue weighted by Gasteiger charge is -2.05. The Labute approximate surface area is 96.6 Å². The summed E-state index contributed by atoms with van der Waals surface area (Å²) in [5.41, 5.74) is 0.575. The van der Waals surface area contributed by atoms with Crippen LogP contribution in [0.4, 0.5) is 0 Å². The second-order valence-electron chi connectivity index (χ2n) is 3.18. The fourth-order valence-corrected chi connectivity index (χ4v) is 1.23. The molecule has 1 heterocycles. The molecule has 0 aliphatic heterocycles. The number of ether oxygens (including phenoxy) is 1. The monoisotopic (exact) mass is 234 g/mol. The Hall–Kier alpha value is -2.57. The molecule has 0 aliphatic carbocycles. The fraction of sp³-hybridized carbons (Fsp3) is 0.100. The predicted molar refractivity (Wildman–Crippen MR) is 59.3 cm³/mol. The zero-order valence-corrected chi connectivity index (χ0v) is 8.98. The molecule has 0 radical (unpaired) electrons. The molecule has 1 aromatic heterocycles. The van der Waals surface area contributed by atoms with Gasteiger partial charge in [0.25, 0.3) is 0 Å². The van der Waals surface area contributed by atoms with E-state index in [1.54, 1.807) is 6.07 Å². The first kappa shape index (κ1) is 10.9. The van der Waals surface area contributed by atoms with E-state index in [0.29, 0.717) is 5.56 Å². The van der Waals surface area contributed by atoms with Gasteiger partial charge in [-0.15, -0.1) is 10.2 Å². The minimum atomic E-state index is -0.297. The van der Waals surface area contributed by atoms with Gasteiger partial charge in [0.05, 0.1) is 13.3 Å². The highest BCUT2D eigenvalue weighted by molar-refractivity contribution is 5.82. The second kappa shape index (κ2) is 4.52. The normalized spacial score (nSPS) is 10.9. The third-order valence-electron chi connectivity index (χ3n) is 2.04. The minimum Gasteiger partial charge on any atom is -0.504 e. The lowest BCUT2D eigenvalue weighted by Crippen LogP contribution is -1.90. The molecule has 0 saturated carbocycles. The van der Waals surface area contributed by atoms with Crippen LogP contribution in [0.5, 0.6) is 17.2 Å². The molecule has 2 N–H and O–H groups in total. The summed E-state index contributed by atoms with van der Waals surface area (Å²) < 4.78 is 6.30. The summed E-state index contributed by atoms with van der Waals surface area (Å²) in [4.78, 5) is 0. The first-order chi connectivity index (χ1) is 8.20. The van der Waals surface area contributed by atoms with Crippen LogP contribution in [0, 0.1) is 0 Å². The van der Waals surface area contributed by atoms with Gasteiger partial charge in [-0.05, 0) is 12.1 Å². The quantitative estimate of drug-likeness (QED) is 0.598. The first-order valence-electron chi connectivity index (χ1n) is 4.69. The summed E-state index contributed by atoms with van der Waals surface area (Å²) in [6.07, 6.45) is 4.33. The number of benzene rings is 1. The number of hydrogen-bond acceptors (Lipinski definition) is 6. The average molecular weight is 234 g/mol. The van der Waals surface area contributed by atoms with Crippen molar-refractivity contribution in [3.63, 3.8) is 0 Å². The molecule has 17 heavy (non-hydrogen) atoms. The van der Waals surface area contributed by atoms with Crippen molar-refractivity contribution < 1.29 is 14.9 Å². The third-order valence-corrected chi connectivity index (χ3v) is 2.04. The molecule has 0 bridgehead atoms. The summed E-state index contributed by atoms with van der Waals surface area (Å²) in [6, 6.07) is 2.91. The van der Waals surface area contributed by atoms with Gasteiger partial charge in [-0.2, -0.15) is 5.10 Å². The predicted octanol–water partition coefficient (Wildman–Crippen LogP) is 0.580. The fourth-order valence-electron chi connectivity index (χ4n) is 1.23. The van der Waals surface area contributed by atoms with E-state index in [9.17, 15) is 10.2 Å². The van der Waals surface area contributed by atoms with Crippen molar-refractivity contribution in [2.45, 2.75) is 0 Å². The number of phenolic OH excluding ortho intramolecular Hbond substituents is 2. The Morgan fingerprint density at radius 1 is 1.29 bits per heavy atom. The summed E-state index contributed by atoms with van der Waals surface area (Å²) in [6.45, 7) is 0. The van der Waals surface area contributed by atoms with Crippen LogP contribution in [0.25, 0.3) is 0 Å². The summed E-state index contributed by atoms with van der Waals surface area (Å²) in [5.74, 6) is -0.390. The molecule has 0 atom stereocenters. The molecule has 2 aromatic rings. The molecule has 0 aliphatic rings. The highest BCUT2D eigenvalue weighted by Crippen LogP contribution is 2.35. The van der Waals surface area contributed by atoms with Crippen molar-refractivity contribution in [2.75, 3.05) is 7.11 Å². The summed E-state index contributed by atoms with van der Waals surface area (Å²) in [5, 5.41) is 30.0. The Morgan fingerprint density at radius 3 is 2.65 bits per heavy atom. The van der Waals surface area contributed by atoms with Gasteiger partial charge in [-0.25, -0.2) is 4.68 Å². The van der Waals surface area contributed by atoms with Crippen LogP contribution in [0.1, 0.15) is 5.56 Å². The van der Waals surface area contributed by atoms with Crippen LogP contribution in [0.2, 0.25) is 0 Å². The van der Waals surface area contributed by atoms with E-state index >= 15 is 0 Å². The molecule has 0 unspecified atom stereocenters. The van der Waals surface area contributed by atoms with Crippen LogP contribution in [0.3, 0.4) is 0 Å². The number of rotatable bonds is 3. The molecule has 0 amide bonds. The smallest absolute Gasteiger partial charge is 0.200 e. The summed E-state index contributed by atoms with van der Waals surface area (Å²) in [7, 11) is 1.40. The maximum Gasteiger partial charge on any atom is 0.200 e. The van der Waals surface area contributed by atoms with Crippen molar-refractivity contribution in [3.8, 4) is 17.2 Å². The highest BCUT2D eigenvalue weighted by Gasteiger charge is 2.08. The average Bonchev–Trinajstić information content (AvgIpc) is 2.83. The zero-order valence-electron chi connectivity index (χ0n) is 8.98. The number of hydrogen-bond donors (Lipinski definition) is 2. The number of methoxy groups -OCH3 is 1. The van der Waals surface area contributed by atoms with Crippen LogP contribution in [0.15, 0.2) is 29.9 Å². The van der Waals surface area contributed by atoms with Crippen molar-refractivity contribution in [1.29, 1.82) is 0 Å². The molecular formula is C10H10N4O3. The van der Waals surface area contributed by atoms with Crippen LogP contribution >= 0.6 is 0 Å². The van der Waals surface area contributed by atoms with Crippen molar-refractivity contribution in [1.82, 2.24) is 14.9 Å². The zero-order chi connectivity index (χ0) is 12.3. The molecule has 0 spiro atoms. The topological polar surface area (TPSA) is 92.8 Å². The Balaban J connectivity index is 2.30. The molecule has 7 nitrogen and oxygen atoms in total. The van der Waals surface area contributed by atoms with E-state index < -0.39 is 0 Å². The van der Waals surface area contributed by atoms with E-state index in [1.807, 2.05) is 0 Å². The van der Waals surface area contributed by atoms with E-state index in [1.165, 1.54) is 36.7 Å². The standard InChI is InChI=1S/C10H10N4O3/c1-17-9-3-7(2-8(15)10(9)16)4-13-14-5-11-12-6-14/h2-6,15-16H,1H3/b13-4+. The van der Waals surface area contributed by atoms with E-state index in [2.05, 4.69) is 15.3 Å².